The Morgan fingerprint density at radius 3 is 1.40 bits per heavy atom. The van der Waals surface area contributed by atoms with Crippen molar-refractivity contribution in [2.24, 2.45) is 0 Å². The molecule has 1 heterocycles. The van der Waals surface area contributed by atoms with Gasteiger partial charge in [-0.05, 0) is 0 Å². The molecule has 0 aromatic carbocycles. The van der Waals surface area contributed by atoms with E-state index in [-0.39, 0.29) is 11.0 Å². The first kappa shape index (κ1) is 10.0. The van der Waals surface area contributed by atoms with Crippen molar-refractivity contribution in [3.63, 3.8) is 0 Å². The van der Waals surface area contributed by atoms with E-state index < -0.39 is 10.8 Å². The van der Waals surface area contributed by atoms with Gasteiger partial charge in [0.05, 0.1) is 0 Å². The molecule has 64 valence electrons. The minimum absolute atomic E-state index is 0.0944. The van der Waals surface area contributed by atoms with Crippen LogP contribution in [0.4, 0.5) is 0 Å². The zero-order chi connectivity index (χ0) is 8.31. The van der Waals surface area contributed by atoms with Gasteiger partial charge in [0, 0.05) is 0 Å². The van der Waals surface area contributed by atoms with Gasteiger partial charge in [-0.1, -0.05) is 0 Å². The van der Waals surface area contributed by atoms with Gasteiger partial charge in [-0.15, -0.1) is 0 Å². The summed E-state index contributed by atoms with van der Waals surface area (Å²) in [6.45, 7) is -5.03. The number of rotatable bonds is 0. The predicted molar refractivity (Wildman–Crippen MR) is 46.7 cm³/mol. The van der Waals surface area contributed by atoms with Gasteiger partial charge in [0.15, 0.2) is 0 Å². The molecular weight excluding hydrogens is 264 g/mol. The molecule has 4 nitrogen and oxygen atoms in total. The fourth-order valence-corrected chi connectivity index (χ4v) is 22.9. The summed E-state index contributed by atoms with van der Waals surface area (Å²) in [5.41, 5.74) is 0. The molecule has 0 spiro atoms. The van der Waals surface area contributed by atoms with Crippen LogP contribution in [0.2, 0.25) is 0 Å². The van der Waals surface area contributed by atoms with E-state index in [4.69, 9.17) is 48.4 Å². The van der Waals surface area contributed by atoms with Crippen LogP contribution in [-0.2, 0) is 4.31 Å². The molecule has 1 aliphatic rings. The van der Waals surface area contributed by atoms with Crippen LogP contribution in [-0.4, -0.2) is 14.7 Å². The molecule has 10 heteroatoms. The Kier molecular flexibility index (Phi) is 1.88. The molecule has 10 heavy (non-hydrogen) atoms. The van der Waals surface area contributed by atoms with Crippen LogP contribution < -0.4 is 0 Å². The molecule has 3 N–H and O–H groups in total. The first-order valence-corrected chi connectivity index (χ1v) is 10.7. The Morgan fingerprint density at radius 2 is 1.40 bits per heavy atom. The van der Waals surface area contributed by atoms with Crippen LogP contribution in [0, 0.1) is 0 Å². The van der Waals surface area contributed by atoms with Crippen LogP contribution in [0.1, 0.15) is 0 Å². The summed E-state index contributed by atoms with van der Waals surface area (Å²) >= 11 is 16.0. The van der Waals surface area contributed by atoms with Crippen molar-refractivity contribution in [2.75, 3.05) is 0 Å². The first-order valence-electron chi connectivity index (χ1n) is 1.84. The summed E-state index contributed by atoms with van der Waals surface area (Å²) in [5.74, 6) is 0. The van der Waals surface area contributed by atoms with Crippen LogP contribution >= 0.6 is 55.5 Å². The Morgan fingerprint density at radius 1 is 1.10 bits per heavy atom. The molecule has 0 saturated carbocycles. The van der Waals surface area contributed by atoms with E-state index in [1.165, 1.54) is 0 Å². The third kappa shape index (κ3) is 2.46. The van der Waals surface area contributed by atoms with Crippen molar-refractivity contribution in [2.45, 2.75) is 0 Å². The molecule has 0 radical (unpaired) electrons. The second kappa shape index (κ2) is 1.88. The first-order chi connectivity index (χ1) is 3.95. The predicted octanol–water partition coefficient (Wildman–Crippen LogP) is 2.70. The average Bonchev–Trinajstić information content (AvgIpc) is 1.08. The number of hydrogen-bond acceptors (Lipinski definition) is 5. The van der Waals surface area contributed by atoms with E-state index in [1.807, 2.05) is 0 Å². The van der Waals surface area contributed by atoms with Gasteiger partial charge in [-0.3, -0.25) is 0 Å². The Hall–Kier alpha value is 1.92. The van der Waals surface area contributed by atoms with Crippen molar-refractivity contribution < 1.29 is 19.0 Å². The number of halogens is 3. The zero-order valence-electron chi connectivity index (χ0n) is 4.19. The van der Waals surface area contributed by atoms with Gasteiger partial charge in [0.1, 0.15) is 0 Å². The summed E-state index contributed by atoms with van der Waals surface area (Å²) in [7, 11) is 0. The molecule has 1 saturated heterocycles. The van der Waals surface area contributed by atoms with E-state index in [2.05, 4.69) is 4.31 Å². The topological polar surface area (TPSA) is 69.9 Å². The Balaban J connectivity index is 2.78. The fourth-order valence-electron chi connectivity index (χ4n) is 0.447. The van der Waals surface area contributed by atoms with E-state index in [0.29, 0.717) is 0 Å². The van der Waals surface area contributed by atoms with Crippen molar-refractivity contribution in [1.82, 2.24) is 0 Å². The van der Waals surface area contributed by atoms with Gasteiger partial charge < -0.3 is 0 Å². The molecule has 0 unspecified atom stereocenters. The normalized spacial score (nSPS) is 46.6. The SMILES string of the molecule is OP1(O)(O)OP(Cl)(Cl)(Cl)S1. The minimum atomic E-state index is -5.03. The molecule has 0 aromatic rings. The van der Waals surface area contributed by atoms with Crippen LogP contribution in [0.25, 0.3) is 0 Å². The summed E-state index contributed by atoms with van der Waals surface area (Å²) in [6.07, 6.45) is 0. The number of hydrogen-bond donors (Lipinski definition) is 3. The monoisotopic (exact) mass is 266 g/mol. The summed E-state index contributed by atoms with van der Waals surface area (Å²) in [4.78, 5) is 25.9. The summed E-state index contributed by atoms with van der Waals surface area (Å²) in [6, 6.07) is 0. The molecule has 0 atom stereocenters. The molecule has 1 fully saturated rings. The third-order valence-corrected chi connectivity index (χ3v) is 17.5. The van der Waals surface area contributed by atoms with E-state index in [0.717, 1.165) is 0 Å². The Labute approximate surface area is 74.5 Å². The van der Waals surface area contributed by atoms with Crippen LogP contribution in [0.15, 0.2) is 0 Å². The average molecular weight is 267 g/mol. The molecule has 1 aliphatic heterocycles. The molecule has 0 aromatic heterocycles. The van der Waals surface area contributed by atoms with Gasteiger partial charge >= 0.3 is 74.5 Å². The fraction of sp³-hybridized carbons (Fsp3) is 0. The molecule has 0 aliphatic carbocycles. The molecule has 0 bridgehead atoms. The molecular formula is H3Cl3O4P2S. The van der Waals surface area contributed by atoms with Gasteiger partial charge in [0.2, 0.25) is 0 Å². The second-order valence-electron chi connectivity index (χ2n) is 1.68. The van der Waals surface area contributed by atoms with Crippen molar-refractivity contribution in [1.29, 1.82) is 0 Å². The zero-order valence-corrected chi connectivity index (χ0v) is 9.06. The summed E-state index contributed by atoms with van der Waals surface area (Å²) in [5, 5.41) is 0. The van der Waals surface area contributed by atoms with Crippen molar-refractivity contribution in [3.8, 4) is 0 Å². The van der Waals surface area contributed by atoms with Crippen LogP contribution in [0.3, 0.4) is 0 Å². The van der Waals surface area contributed by atoms with Crippen LogP contribution in [0.5, 0.6) is 0 Å². The maximum absolute atomic E-state index is 8.64. The quantitative estimate of drug-likeness (QED) is 0.589. The third-order valence-electron chi connectivity index (χ3n) is 0.538. The summed E-state index contributed by atoms with van der Waals surface area (Å²) < 4.78 is 0.105. The molecule has 1 rings (SSSR count). The Bertz CT molecular complexity index is 152. The van der Waals surface area contributed by atoms with Gasteiger partial charge in [0.25, 0.3) is 0 Å². The maximum atomic E-state index is 8.64. The van der Waals surface area contributed by atoms with Crippen molar-refractivity contribution >= 4 is 55.5 Å². The standard InChI is InChI=1S/Cl3H3O4P2S/c1-8(2,3)7-9(4,5,6)10-8/h4-6H. The van der Waals surface area contributed by atoms with E-state index in [1.54, 1.807) is 0 Å². The second-order valence-corrected chi connectivity index (χ2v) is 20.7. The van der Waals surface area contributed by atoms with E-state index in [9.17, 15) is 0 Å². The van der Waals surface area contributed by atoms with E-state index >= 15 is 0 Å². The molecule has 0 amide bonds. The van der Waals surface area contributed by atoms with Gasteiger partial charge in [-0.25, -0.2) is 0 Å². The van der Waals surface area contributed by atoms with Crippen molar-refractivity contribution in [3.05, 3.63) is 0 Å². The van der Waals surface area contributed by atoms with Gasteiger partial charge in [-0.2, -0.15) is 0 Å².